The van der Waals surface area contributed by atoms with E-state index in [1.54, 1.807) is 12.1 Å². The molecule has 0 spiro atoms. The monoisotopic (exact) mass is 296 g/mol. The molecular weight excluding hydrogens is 291 g/mol. The maximum atomic E-state index is 10.5. The van der Waals surface area contributed by atoms with Crippen LogP contribution in [0.5, 0.6) is 0 Å². The molecule has 2 aromatic rings. The quantitative estimate of drug-likeness (QED) is 0.286. The van der Waals surface area contributed by atoms with Gasteiger partial charge in [0.15, 0.2) is 5.82 Å². The number of halogens is 2. The number of hydrogen-bond acceptors (Lipinski definition) is 5. The van der Waals surface area contributed by atoms with E-state index in [-0.39, 0.29) is 16.1 Å². The number of hydrogen-bond donors (Lipinski definition) is 0. The van der Waals surface area contributed by atoms with Gasteiger partial charge in [0, 0.05) is 24.4 Å². The summed E-state index contributed by atoms with van der Waals surface area (Å²) in [5.41, 5.74) is 0.710. The predicted molar refractivity (Wildman–Crippen MR) is 72.4 cm³/mol. The van der Waals surface area contributed by atoms with Crippen LogP contribution in [-0.4, -0.2) is 21.1 Å². The van der Waals surface area contributed by atoms with Crippen LogP contribution in [0.15, 0.2) is 35.3 Å². The van der Waals surface area contributed by atoms with Crippen molar-refractivity contribution in [3.63, 3.8) is 0 Å². The lowest BCUT2D eigenvalue weighted by Gasteiger charge is -1.96. The molecule has 0 aliphatic carbocycles. The Kier molecular flexibility index (Phi) is 4.03. The molecule has 0 radical (unpaired) electrons. The van der Waals surface area contributed by atoms with Gasteiger partial charge in [-0.1, -0.05) is 11.6 Å². The van der Waals surface area contributed by atoms with Crippen LogP contribution in [0.3, 0.4) is 0 Å². The van der Waals surface area contributed by atoms with Crippen molar-refractivity contribution in [2.24, 2.45) is 4.99 Å². The summed E-state index contributed by atoms with van der Waals surface area (Å²) in [5, 5.41) is 10.7. The second kappa shape index (κ2) is 5.73. The van der Waals surface area contributed by atoms with Crippen LogP contribution >= 0.6 is 23.2 Å². The first-order valence-corrected chi connectivity index (χ1v) is 5.79. The van der Waals surface area contributed by atoms with Gasteiger partial charge >= 0.3 is 0 Å². The number of aliphatic imine (C=N–C) groups is 1. The van der Waals surface area contributed by atoms with Crippen LogP contribution in [0.2, 0.25) is 10.4 Å². The van der Waals surface area contributed by atoms with Gasteiger partial charge in [0.2, 0.25) is 5.28 Å². The summed E-state index contributed by atoms with van der Waals surface area (Å²) in [4.78, 5) is 21.6. The van der Waals surface area contributed by atoms with Gasteiger partial charge in [-0.2, -0.15) is 4.98 Å². The second-order valence-electron chi connectivity index (χ2n) is 3.42. The highest BCUT2D eigenvalue weighted by Crippen LogP contribution is 2.17. The Labute approximate surface area is 117 Å². The topological polar surface area (TPSA) is 81.3 Å². The molecule has 19 heavy (non-hydrogen) atoms. The predicted octanol–water partition coefficient (Wildman–Crippen LogP) is 3.44. The van der Waals surface area contributed by atoms with Gasteiger partial charge in [0.25, 0.3) is 5.69 Å². The zero-order valence-corrected chi connectivity index (χ0v) is 10.8. The van der Waals surface area contributed by atoms with Gasteiger partial charge < -0.3 is 0 Å². The van der Waals surface area contributed by atoms with Crippen molar-refractivity contribution >= 4 is 40.9 Å². The van der Waals surface area contributed by atoms with Crippen molar-refractivity contribution in [3.8, 4) is 0 Å². The Hall–Kier alpha value is -2.05. The minimum absolute atomic E-state index is 0.00310. The van der Waals surface area contributed by atoms with Crippen molar-refractivity contribution in [2.75, 3.05) is 0 Å². The Morgan fingerprint density at radius 3 is 2.47 bits per heavy atom. The highest BCUT2D eigenvalue weighted by atomic mass is 35.5. The van der Waals surface area contributed by atoms with Crippen molar-refractivity contribution in [1.82, 2.24) is 9.97 Å². The van der Waals surface area contributed by atoms with E-state index in [0.29, 0.717) is 11.4 Å². The van der Waals surface area contributed by atoms with Crippen molar-refractivity contribution in [3.05, 3.63) is 56.4 Å². The van der Waals surface area contributed by atoms with Crippen molar-refractivity contribution in [1.29, 1.82) is 0 Å². The molecule has 0 unspecified atom stereocenters. The molecule has 0 atom stereocenters. The number of rotatable bonds is 3. The third kappa shape index (κ3) is 3.70. The molecule has 0 bridgehead atoms. The van der Waals surface area contributed by atoms with E-state index >= 15 is 0 Å². The Bertz CT molecular complexity index is 623. The summed E-state index contributed by atoms with van der Waals surface area (Å²) in [7, 11) is 0. The fourth-order valence-electron chi connectivity index (χ4n) is 1.27. The van der Waals surface area contributed by atoms with E-state index in [9.17, 15) is 10.1 Å². The normalized spacial score (nSPS) is 10.8. The largest absolute Gasteiger partial charge is 0.269 e. The summed E-state index contributed by atoms with van der Waals surface area (Å²) in [6.07, 6.45) is 1.50. The van der Waals surface area contributed by atoms with Crippen molar-refractivity contribution in [2.45, 2.75) is 0 Å². The van der Waals surface area contributed by atoms with Crippen LogP contribution in [0.1, 0.15) is 5.56 Å². The fourth-order valence-corrected chi connectivity index (χ4v) is 1.67. The molecule has 0 saturated heterocycles. The van der Waals surface area contributed by atoms with Gasteiger partial charge in [0.05, 0.1) is 4.92 Å². The lowest BCUT2D eigenvalue weighted by molar-refractivity contribution is -0.384. The number of non-ortho nitro benzene ring substituents is 1. The molecule has 6 nitrogen and oxygen atoms in total. The lowest BCUT2D eigenvalue weighted by Crippen LogP contribution is -1.88. The molecule has 8 heteroatoms. The average Bonchev–Trinajstić information content (AvgIpc) is 2.36. The maximum Gasteiger partial charge on any atom is 0.269 e. The first-order valence-electron chi connectivity index (χ1n) is 5.03. The van der Waals surface area contributed by atoms with Gasteiger partial charge in [-0.25, -0.2) is 9.98 Å². The van der Waals surface area contributed by atoms with E-state index in [1.165, 1.54) is 24.4 Å². The highest BCUT2D eigenvalue weighted by Gasteiger charge is 2.03. The maximum absolute atomic E-state index is 10.5. The lowest BCUT2D eigenvalue weighted by atomic mass is 10.2. The van der Waals surface area contributed by atoms with E-state index in [1.807, 2.05) is 0 Å². The third-order valence-electron chi connectivity index (χ3n) is 2.10. The fraction of sp³-hybridized carbons (Fsp3) is 0. The number of nitrogens with zero attached hydrogens (tertiary/aromatic N) is 4. The molecule has 96 valence electrons. The zero-order valence-electron chi connectivity index (χ0n) is 9.33. The molecule has 0 amide bonds. The van der Waals surface area contributed by atoms with Crippen LogP contribution in [-0.2, 0) is 0 Å². The van der Waals surface area contributed by atoms with Crippen LogP contribution in [0.4, 0.5) is 11.5 Å². The molecule has 0 aliphatic rings. The zero-order chi connectivity index (χ0) is 13.8. The highest BCUT2D eigenvalue weighted by molar-refractivity contribution is 6.32. The first kappa shape index (κ1) is 13.4. The Morgan fingerprint density at radius 2 is 1.89 bits per heavy atom. The molecule has 1 heterocycles. The SMILES string of the molecule is O=[N+]([O-])c1ccc(C=Nc2cc(Cl)nc(Cl)n2)cc1. The summed E-state index contributed by atoms with van der Waals surface area (Å²) in [6, 6.07) is 7.38. The number of benzene rings is 1. The van der Waals surface area contributed by atoms with E-state index in [4.69, 9.17) is 23.2 Å². The smallest absolute Gasteiger partial charge is 0.258 e. The minimum atomic E-state index is -0.467. The Morgan fingerprint density at radius 1 is 1.21 bits per heavy atom. The van der Waals surface area contributed by atoms with Crippen molar-refractivity contribution < 1.29 is 4.92 Å². The summed E-state index contributed by atoms with van der Waals surface area (Å²) in [5.74, 6) is 0.309. The first-order chi connectivity index (χ1) is 9.04. The van der Waals surface area contributed by atoms with E-state index < -0.39 is 4.92 Å². The summed E-state index contributed by atoms with van der Waals surface area (Å²) >= 11 is 11.3. The molecule has 2 rings (SSSR count). The minimum Gasteiger partial charge on any atom is -0.258 e. The molecule has 0 aliphatic heterocycles. The number of nitro groups is 1. The summed E-state index contributed by atoms with van der Waals surface area (Å²) in [6.45, 7) is 0. The molecule has 0 fully saturated rings. The average molecular weight is 297 g/mol. The van der Waals surface area contributed by atoms with Crippen LogP contribution in [0.25, 0.3) is 0 Å². The third-order valence-corrected chi connectivity index (χ3v) is 2.47. The number of nitro benzene ring substituents is 1. The Balaban J connectivity index is 2.20. The van der Waals surface area contributed by atoms with Gasteiger partial charge in [-0.15, -0.1) is 0 Å². The molecule has 0 saturated carbocycles. The standard InChI is InChI=1S/C11H6Cl2N4O2/c12-9-5-10(16-11(13)15-9)14-6-7-1-3-8(4-2-7)17(18)19/h1-6H. The van der Waals surface area contributed by atoms with Crippen LogP contribution in [0, 0.1) is 10.1 Å². The summed E-state index contributed by atoms with van der Waals surface area (Å²) < 4.78 is 0. The van der Waals surface area contributed by atoms with E-state index in [0.717, 1.165) is 0 Å². The van der Waals surface area contributed by atoms with Crippen LogP contribution < -0.4 is 0 Å². The second-order valence-corrected chi connectivity index (χ2v) is 4.15. The van der Waals surface area contributed by atoms with Gasteiger partial charge in [-0.3, -0.25) is 10.1 Å². The van der Waals surface area contributed by atoms with Gasteiger partial charge in [0.1, 0.15) is 5.15 Å². The van der Waals surface area contributed by atoms with Gasteiger partial charge in [-0.05, 0) is 29.3 Å². The molecule has 0 N–H and O–H groups in total. The molecule has 1 aromatic heterocycles. The molecular formula is C11H6Cl2N4O2. The molecule has 1 aromatic carbocycles. The number of aromatic nitrogens is 2. The van der Waals surface area contributed by atoms with E-state index in [2.05, 4.69) is 15.0 Å².